The molecule has 138 valence electrons. The summed E-state index contributed by atoms with van der Waals surface area (Å²) in [5.74, 6) is 0.655. The summed E-state index contributed by atoms with van der Waals surface area (Å²) in [7, 11) is 0. The van der Waals surface area contributed by atoms with E-state index in [1.165, 1.54) is 12.0 Å². The number of benzene rings is 2. The lowest BCUT2D eigenvalue weighted by Gasteiger charge is -2.30. The van der Waals surface area contributed by atoms with Crippen molar-refractivity contribution in [3.8, 4) is 11.3 Å². The Morgan fingerprint density at radius 3 is 2.48 bits per heavy atom. The third-order valence-corrected chi connectivity index (χ3v) is 5.17. The number of amides is 1. The van der Waals surface area contributed by atoms with Crippen LogP contribution in [0.2, 0.25) is 0 Å². The van der Waals surface area contributed by atoms with Crippen molar-refractivity contribution in [2.75, 3.05) is 13.1 Å². The maximum atomic E-state index is 13.3. The Morgan fingerprint density at radius 2 is 1.78 bits per heavy atom. The first kappa shape index (κ1) is 17.5. The fraction of sp³-hybridized carbons (Fsp3) is 0.304. The summed E-state index contributed by atoms with van der Waals surface area (Å²) < 4.78 is 1.89. The summed E-state index contributed by atoms with van der Waals surface area (Å²) in [6, 6.07) is 20.2. The van der Waals surface area contributed by atoms with Gasteiger partial charge in [-0.05, 0) is 24.3 Å². The molecule has 0 aliphatic carbocycles. The van der Waals surface area contributed by atoms with Crippen LogP contribution in [-0.2, 0) is 6.54 Å². The van der Waals surface area contributed by atoms with E-state index in [2.05, 4.69) is 19.1 Å². The number of hydrogen-bond donors (Lipinski definition) is 0. The van der Waals surface area contributed by atoms with Crippen molar-refractivity contribution in [2.45, 2.75) is 26.3 Å². The Balaban J connectivity index is 1.69. The monoisotopic (exact) mass is 359 g/mol. The highest BCUT2D eigenvalue weighted by Crippen LogP contribution is 2.26. The van der Waals surface area contributed by atoms with Crippen molar-refractivity contribution in [3.05, 3.63) is 78.0 Å². The summed E-state index contributed by atoms with van der Waals surface area (Å²) in [5, 5.41) is 4.78. The molecular weight excluding hydrogens is 334 g/mol. The summed E-state index contributed by atoms with van der Waals surface area (Å²) in [5.41, 5.74) is 3.63. The standard InChI is InChI=1S/C23H25N3O/c1-18-9-8-14-25(15-18)23(27)21-17-26(16-19-10-4-2-5-11-19)24-22(21)20-12-6-3-7-13-20/h2-7,10-13,17-18H,8-9,14-16H2,1H3/t18-/m1/s1. The van der Waals surface area contributed by atoms with Crippen LogP contribution in [0.3, 0.4) is 0 Å². The molecule has 0 saturated carbocycles. The number of likely N-dealkylation sites (tertiary alicyclic amines) is 1. The third kappa shape index (κ3) is 3.95. The molecule has 0 N–H and O–H groups in total. The van der Waals surface area contributed by atoms with Gasteiger partial charge in [0.15, 0.2) is 0 Å². The molecule has 1 saturated heterocycles. The van der Waals surface area contributed by atoms with Gasteiger partial charge < -0.3 is 4.90 Å². The highest BCUT2D eigenvalue weighted by atomic mass is 16.2. The number of rotatable bonds is 4. The second-order valence-electron chi connectivity index (χ2n) is 7.44. The lowest BCUT2D eigenvalue weighted by Crippen LogP contribution is -2.39. The number of hydrogen-bond acceptors (Lipinski definition) is 2. The Labute approximate surface area is 160 Å². The Bertz CT molecular complexity index is 902. The van der Waals surface area contributed by atoms with E-state index in [0.29, 0.717) is 18.0 Å². The van der Waals surface area contributed by atoms with Crippen LogP contribution in [-0.4, -0.2) is 33.7 Å². The normalized spacial score (nSPS) is 17.1. The Hall–Kier alpha value is -2.88. The average Bonchev–Trinajstić information content (AvgIpc) is 3.12. The quantitative estimate of drug-likeness (QED) is 0.689. The van der Waals surface area contributed by atoms with Gasteiger partial charge in [-0.3, -0.25) is 9.48 Å². The average molecular weight is 359 g/mol. The molecule has 3 aromatic rings. The first-order valence-electron chi connectivity index (χ1n) is 9.67. The molecule has 4 heteroatoms. The predicted molar refractivity (Wildman–Crippen MR) is 108 cm³/mol. The number of piperidine rings is 1. The minimum atomic E-state index is 0.0970. The maximum Gasteiger partial charge on any atom is 0.257 e. The van der Waals surface area contributed by atoms with Gasteiger partial charge in [-0.1, -0.05) is 67.6 Å². The molecule has 0 radical (unpaired) electrons. The molecule has 0 spiro atoms. The zero-order valence-electron chi connectivity index (χ0n) is 15.7. The topological polar surface area (TPSA) is 38.1 Å². The zero-order valence-corrected chi connectivity index (χ0v) is 15.7. The number of nitrogens with zero attached hydrogens (tertiary/aromatic N) is 3. The highest BCUT2D eigenvalue weighted by Gasteiger charge is 2.26. The van der Waals surface area contributed by atoms with Crippen molar-refractivity contribution in [1.29, 1.82) is 0 Å². The van der Waals surface area contributed by atoms with Crippen LogP contribution in [0.25, 0.3) is 11.3 Å². The fourth-order valence-corrected chi connectivity index (χ4v) is 3.78. The Kier molecular flexibility index (Phi) is 5.05. The van der Waals surface area contributed by atoms with Crippen LogP contribution in [0.15, 0.2) is 66.9 Å². The first-order chi connectivity index (χ1) is 13.2. The van der Waals surface area contributed by atoms with Crippen LogP contribution in [0.4, 0.5) is 0 Å². The smallest absolute Gasteiger partial charge is 0.257 e. The summed E-state index contributed by atoms with van der Waals surface area (Å²) in [4.78, 5) is 15.3. The van der Waals surface area contributed by atoms with E-state index in [9.17, 15) is 4.79 Å². The van der Waals surface area contributed by atoms with E-state index in [0.717, 1.165) is 30.8 Å². The maximum absolute atomic E-state index is 13.3. The molecular formula is C23H25N3O. The second kappa shape index (κ2) is 7.78. The van der Waals surface area contributed by atoms with Crippen LogP contribution in [0.5, 0.6) is 0 Å². The van der Waals surface area contributed by atoms with Crippen molar-refractivity contribution in [1.82, 2.24) is 14.7 Å². The molecule has 2 heterocycles. The number of carbonyl (C=O) groups is 1. The SMILES string of the molecule is C[C@@H]1CCCN(C(=O)c2cn(Cc3ccccc3)nc2-c2ccccc2)C1. The predicted octanol–water partition coefficient (Wildman–Crippen LogP) is 4.47. The molecule has 27 heavy (non-hydrogen) atoms. The number of aromatic nitrogens is 2. The number of carbonyl (C=O) groups excluding carboxylic acids is 1. The Morgan fingerprint density at radius 1 is 1.07 bits per heavy atom. The molecule has 1 fully saturated rings. The van der Waals surface area contributed by atoms with E-state index in [1.54, 1.807) is 0 Å². The summed E-state index contributed by atoms with van der Waals surface area (Å²) >= 11 is 0. The van der Waals surface area contributed by atoms with Crippen LogP contribution < -0.4 is 0 Å². The molecule has 4 rings (SSSR count). The molecule has 1 aromatic heterocycles. The first-order valence-corrected chi connectivity index (χ1v) is 9.67. The minimum Gasteiger partial charge on any atom is -0.338 e. The van der Waals surface area contributed by atoms with E-state index in [-0.39, 0.29) is 5.91 Å². The molecule has 1 aliphatic heterocycles. The molecule has 1 amide bonds. The second-order valence-corrected chi connectivity index (χ2v) is 7.44. The largest absolute Gasteiger partial charge is 0.338 e. The minimum absolute atomic E-state index is 0.0970. The van der Waals surface area contributed by atoms with Gasteiger partial charge in [-0.15, -0.1) is 0 Å². The van der Waals surface area contributed by atoms with Gasteiger partial charge >= 0.3 is 0 Å². The summed E-state index contributed by atoms with van der Waals surface area (Å²) in [6.45, 7) is 4.54. The van der Waals surface area contributed by atoms with Gasteiger partial charge in [0, 0.05) is 24.8 Å². The van der Waals surface area contributed by atoms with E-state index < -0.39 is 0 Å². The molecule has 0 bridgehead atoms. The highest BCUT2D eigenvalue weighted by molar-refractivity contribution is 5.99. The third-order valence-electron chi connectivity index (χ3n) is 5.17. The van der Waals surface area contributed by atoms with Crippen molar-refractivity contribution < 1.29 is 4.79 Å². The summed E-state index contributed by atoms with van der Waals surface area (Å²) in [6.07, 6.45) is 4.19. The van der Waals surface area contributed by atoms with Gasteiger partial charge in [-0.2, -0.15) is 5.10 Å². The zero-order chi connectivity index (χ0) is 18.6. The van der Waals surface area contributed by atoms with E-state index in [4.69, 9.17) is 5.10 Å². The van der Waals surface area contributed by atoms with E-state index >= 15 is 0 Å². The van der Waals surface area contributed by atoms with Crippen molar-refractivity contribution in [3.63, 3.8) is 0 Å². The fourth-order valence-electron chi connectivity index (χ4n) is 3.78. The lowest BCUT2D eigenvalue weighted by molar-refractivity contribution is 0.0683. The molecule has 1 atom stereocenters. The molecule has 2 aromatic carbocycles. The van der Waals surface area contributed by atoms with Gasteiger partial charge in [0.2, 0.25) is 0 Å². The van der Waals surface area contributed by atoms with E-state index in [1.807, 2.05) is 64.3 Å². The molecule has 1 aliphatic rings. The van der Waals surface area contributed by atoms with Crippen molar-refractivity contribution >= 4 is 5.91 Å². The van der Waals surface area contributed by atoms with Crippen LogP contribution in [0, 0.1) is 5.92 Å². The van der Waals surface area contributed by atoms with Gasteiger partial charge in [-0.25, -0.2) is 0 Å². The van der Waals surface area contributed by atoms with Gasteiger partial charge in [0.25, 0.3) is 5.91 Å². The molecule has 4 nitrogen and oxygen atoms in total. The lowest BCUT2D eigenvalue weighted by atomic mass is 9.99. The van der Waals surface area contributed by atoms with Gasteiger partial charge in [0.1, 0.15) is 5.69 Å². The molecule has 0 unspecified atom stereocenters. The van der Waals surface area contributed by atoms with Gasteiger partial charge in [0.05, 0.1) is 12.1 Å². The van der Waals surface area contributed by atoms with Crippen LogP contribution in [0.1, 0.15) is 35.7 Å². The van der Waals surface area contributed by atoms with Crippen molar-refractivity contribution in [2.24, 2.45) is 5.92 Å². The van der Waals surface area contributed by atoms with Crippen LogP contribution >= 0.6 is 0 Å².